The minimum absolute atomic E-state index is 0.280. The molecule has 0 unspecified atom stereocenters. The summed E-state index contributed by atoms with van der Waals surface area (Å²) in [6, 6.07) is 9.41. The van der Waals surface area contributed by atoms with Crippen LogP contribution >= 0.6 is 0 Å². The van der Waals surface area contributed by atoms with Crippen molar-refractivity contribution in [2.45, 2.75) is 27.3 Å². The number of esters is 1. The van der Waals surface area contributed by atoms with E-state index in [4.69, 9.17) is 10.6 Å². The molecule has 0 saturated carbocycles. The zero-order chi connectivity index (χ0) is 18.0. The number of ether oxygens (including phenoxy) is 1. The number of anilines is 2. The van der Waals surface area contributed by atoms with Crippen LogP contribution in [0.2, 0.25) is 0 Å². The van der Waals surface area contributed by atoms with Gasteiger partial charge in [-0.3, -0.25) is 5.01 Å². The van der Waals surface area contributed by atoms with E-state index in [0.29, 0.717) is 34.7 Å². The molecule has 2 aromatic heterocycles. The Hall–Kier alpha value is -3.00. The Labute approximate surface area is 145 Å². The van der Waals surface area contributed by atoms with Crippen molar-refractivity contribution in [2.24, 2.45) is 5.84 Å². The Morgan fingerprint density at radius 1 is 1.28 bits per heavy atom. The highest BCUT2D eigenvalue weighted by Gasteiger charge is 2.25. The third-order valence-corrected chi connectivity index (χ3v) is 3.86. The summed E-state index contributed by atoms with van der Waals surface area (Å²) in [5.74, 6) is 6.26. The van der Waals surface area contributed by atoms with Crippen LogP contribution in [0, 0.1) is 6.92 Å². The van der Waals surface area contributed by atoms with E-state index in [-0.39, 0.29) is 6.61 Å². The normalized spacial score (nSPS) is 10.9. The third-order valence-electron chi connectivity index (χ3n) is 3.86. The molecule has 0 saturated heterocycles. The van der Waals surface area contributed by atoms with E-state index < -0.39 is 5.97 Å². The number of rotatable bonds is 5. The van der Waals surface area contributed by atoms with E-state index in [1.54, 1.807) is 18.5 Å². The molecule has 25 heavy (non-hydrogen) atoms. The number of aryl methyl sites for hydroxylation is 2. The van der Waals surface area contributed by atoms with Gasteiger partial charge in [0.25, 0.3) is 0 Å². The molecule has 0 atom stereocenters. The van der Waals surface area contributed by atoms with Crippen LogP contribution in [0.5, 0.6) is 0 Å². The lowest BCUT2D eigenvalue weighted by Crippen LogP contribution is -2.27. The molecule has 130 valence electrons. The number of para-hydroxylation sites is 1. The van der Waals surface area contributed by atoms with Crippen LogP contribution in [-0.4, -0.2) is 32.6 Å². The number of hydrogen-bond donors (Lipinski definition) is 1. The van der Waals surface area contributed by atoms with Gasteiger partial charge in [-0.15, -0.1) is 5.10 Å². The van der Waals surface area contributed by atoms with Crippen LogP contribution in [0.25, 0.3) is 11.0 Å². The first-order valence-corrected chi connectivity index (χ1v) is 8.09. The largest absolute Gasteiger partial charge is 0.462 e. The van der Waals surface area contributed by atoms with Crippen LogP contribution in [0.4, 0.5) is 11.5 Å². The molecule has 8 nitrogen and oxygen atoms in total. The summed E-state index contributed by atoms with van der Waals surface area (Å²) in [7, 11) is 0. The number of hydrogen-bond acceptors (Lipinski definition) is 7. The molecule has 1 aromatic carbocycles. The van der Waals surface area contributed by atoms with Gasteiger partial charge in [0, 0.05) is 6.54 Å². The summed E-state index contributed by atoms with van der Waals surface area (Å²) >= 11 is 0. The van der Waals surface area contributed by atoms with Gasteiger partial charge in [0.05, 0.1) is 18.0 Å². The van der Waals surface area contributed by atoms with Gasteiger partial charge in [-0.1, -0.05) is 23.4 Å². The molecule has 0 aliphatic carbocycles. The second-order valence-corrected chi connectivity index (χ2v) is 5.42. The van der Waals surface area contributed by atoms with Crippen molar-refractivity contribution in [2.75, 3.05) is 11.6 Å². The number of benzene rings is 1. The number of carbonyl (C=O) groups is 1. The van der Waals surface area contributed by atoms with Crippen molar-refractivity contribution in [3.8, 4) is 0 Å². The lowest BCUT2D eigenvalue weighted by molar-refractivity contribution is 0.0527. The van der Waals surface area contributed by atoms with E-state index >= 15 is 0 Å². The van der Waals surface area contributed by atoms with Gasteiger partial charge in [-0.05, 0) is 32.9 Å². The number of nitrogens with zero attached hydrogens (tertiary/aromatic N) is 5. The zero-order valence-electron chi connectivity index (χ0n) is 14.4. The van der Waals surface area contributed by atoms with E-state index in [1.165, 1.54) is 5.01 Å². The molecule has 0 aliphatic heterocycles. The summed E-state index contributed by atoms with van der Waals surface area (Å²) in [6.07, 6.45) is 0. The fourth-order valence-electron chi connectivity index (χ4n) is 2.70. The van der Waals surface area contributed by atoms with Crippen molar-refractivity contribution >= 4 is 28.5 Å². The smallest absolute Gasteiger partial charge is 0.342 e. The van der Waals surface area contributed by atoms with Gasteiger partial charge in [0.15, 0.2) is 11.3 Å². The van der Waals surface area contributed by atoms with Crippen molar-refractivity contribution in [1.29, 1.82) is 0 Å². The minimum Gasteiger partial charge on any atom is -0.462 e. The maximum atomic E-state index is 12.4. The average Bonchev–Trinajstić information content (AvgIpc) is 3.05. The molecule has 0 aliphatic rings. The number of aromatic nitrogens is 4. The molecule has 0 amide bonds. The molecule has 3 aromatic rings. The highest BCUT2D eigenvalue weighted by Crippen LogP contribution is 2.30. The quantitative estimate of drug-likeness (QED) is 0.432. The Kier molecular flexibility index (Phi) is 4.62. The average molecular weight is 340 g/mol. The molecule has 3 rings (SSSR count). The van der Waals surface area contributed by atoms with Crippen molar-refractivity contribution in [3.05, 3.63) is 41.6 Å². The summed E-state index contributed by atoms with van der Waals surface area (Å²) in [5.41, 5.74) is 2.68. The van der Waals surface area contributed by atoms with Crippen LogP contribution in [0.3, 0.4) is 0 Å². The molecule has 0 bridgehead atoms. The fourth-order valence-corrected chi connectivity index (χ4v) is 2.70. The predicted octanol–water partition coefficient (Wildman–Crippen LogP) is 2.34. The monoisotopic (exact) mass is 340 g/mol. The maximum Gasteiger partial charge on any atom is 0.342 e. The molecule has 8 heteroatoms. The van der Waals surface area contributed by atoms with Crippen LogP contribution in [0.15, 0.2) is 30.3 Å². The van der Waals surface area contributed by atoms with Crippen molar-refractivity contribution in [3.63, 3.8) is 0 Å². The Bertz CT molecular complexity index is 906. The van der Waals surface area contributed by atoms with E-state index in [9.17, 15) is 4.79 Å². The van der Waals surface area contributed by atoms with Gasteiger partial charge in [0.2, 0.25) is 0 Å². The van der Waals surface area contributed by atoms with Gasteiger partial charge in [-0.2, -0.15) is 0 Å². The minimum atomic E-state index is -0.440. The van der Waals surface area contributed by atoms with Gasteiger partial charge in [-0.25, -0.2) is 20.3 Å². The summed E-state index contributed by atoms with van der Waals surface area (Å²) in [4.78, 5) is 16.9. The van der Waals surface area contributed by atoms with Crippen molar-refractivity contribution in [1.82, 2.24) is 20.0 Å². The fraction of sp³-hybridized carbons (Fsp3) is 0.294. The van der Waals surface area contributed by atoms with E-state index in [1.807, 2.05) is 37.3 Å². The van der Waals surface area contributed by atoms with Gasteiger partial charge < -0.3 is 4.74 Å². The molecule has 0 radical (unpaired) electrons. The lowest BCUT2D eigenvalue weighted by atomic mass is 10.1. The maximum absolute atomic E-state index is 12.4. The Morgan fingerprint density at radius 2 is 2.00 bits per heavy atom. The van der Waals surface area contributed by atoms with E-state index in [0.717, 1.165) is 5.69 Å². The summed E-state index contributed by atoms with van der Waals surface area (Å²) in [6.45, 7) is 6.28. The lowest BCUT2D eigenvalue weighted by Gasteiger charge is -2.19. The molecular formula is C17H20N6O2. The SMILES string of the molecule is CCOC(=O)c1c(C)nc(N(N)c2ccccc2)c2nnn(CC)c12. The van der Waals surface area contributed by atoms with Gasteiger partial charge >= 0.3 is 5.97 Å². The van der Waals surface area contributed by atoms with Crippen LogP contribution < -0.4 is 10.9 Å². The molecule has 0 fully saturated rings. The topological polar surface area (TPSA) is 99.2 Å². The first-order valence-electron chi connectivity index (χ1n) is 8.09. The first-order chi connectivity index (χ1) is 12.1. The summed E-state index contributed by atoms with van der Waals surface area (Å²) < 4.78 is 6.83. The second-order valence-electron chi connectivity index (χ2n) is 5.42. The molecule has 2 N–H and O–H groups in total. The number of pyridine rings is 1. The second kappa shape index (κ2) is 6.86. The van der Waals surface area contributed by atoms with Crippen LogP contribution in [0.1, 0.15) is 29.9 Å². The predicted molar refractivity (Wildman–Crippen MR) is 94.5 cm³/mol. The molecule has 2 heterocycles. The summed E-state index contributed by atoms with van der Waals surface area (Å²) in [5, 5.41) is 9.78. The molecule has 0 spiro atoms. The number of hydrazine groups is 1. The Balaban J connectivity index is 2.24. The van der Waals surface area contributed by atoms with Crippen LogP contribution in [-0.2, 0) is 11.3 Å². The number of carbonyl (C=O) groups excluding carboxylic acids is 1. The third kappa shape index (κ3) is 2.91. The standard InChI is InChI=1S/C17H20N6O2/c1-4-22-15-13(17(24)25-5-2)11(3)19-16(14(15)20-21-22)23(18)12-9-7-6-8-10-12/h6-10H,4-5,18H2,1-3H3. The van der Waals surface area contributed by atoms with E-state index in [2.05, 4.69) is 15.3 Å². The molecular weight excluding hydrogens is 320 g/mol. The number of nitrogens with two attached hydrogens (primary N) is 1. The van der Waals surface area contributed by atoms with Gasteiger partial charge in [0.1, 0.15) is 11.1 Å². The Morgan fingerprint density at radius 3 is 2.64 bits per heavy atom. The number of fused-ring (bicyclic) bond motifs is 1. The van der Waals surface area contributed by atoms with Crippen molar-refractivity contribution < 1.29 is 9.53 Å². The highest BCUT2D eigenvalue weighted by molar-refractivity contribution is 6.05. The highest BCUT2D eigenvalue weighted by atomic mass is 16.5. The first kappa shape index (κ1) is 16.8. The zero-order valence-corrected chi connectivity index (χ0v) is 14.4.